The number of nitrogens with zero attached hydrogens (tertiary/aromatic N) is 1. The van der Waals surface area contributed by atoms with Gasteiger partial charge in [0.25, 0.3) is 0 Å². The molecule has 5 heteroatoms. The second kappa shape index (κ2) is 5.40. The summed E-state index contributed by atoms with van der Waals surface area (Å²) in [7, 11) is 0. The zero-order chi connectivity index (χ0) is 14.2. The first kappa shape index (κ1) is 13.2. The third-order valence-corrected chi connectivity index (χ3v) is 4.57. The first-order chi connectivity index (χ1) is 10.3. The molecule has 1 aromatic carbocycles. The standard InChI is InChI=1S/C16H19NO4/c18-16-14-12(10-20-16)15(13-7-4-8-19-13)21-17(14)9-11-5-2-1-3-6-11/h1-3,5-6,12-15H,4,7-10H2/t12-,13-,14+,15-/m0/s1. The van der Waals surface area contributed by atoms with Crippen LogP contribution in [-0.2, 0) is 25.7 Å². The maximum atomic E-state index is 12.0. The number of benzene rings is 1. The second-order valence-electron chi connectivity index (χ2n) is 5.92. The van der Waals surface area contributed by atoms with Gasteiger partial charge >= 0.3 is 5.97 Å². The van der Waals surface area contributed by atoms with Crippen LogP contribution >= 0.6 is 0 Å². The van der Waals surface area contributed by atoms with Gasteiger partial charge in [-0.25, -0.2) is 0 Å². The molecule has 0 saturated carbocycles. The lowest BCUT2D eigenvalue weighted by molar-refractivity contribution is -0.204. The summed E-state index contributed by atoms with van der Waals surface area (Å²) >= 11 is 0. The summed E-state index contributed by atoms with van der Waals surface area (Å²) in [5.74, 6) is -0.0826. The average molecular weight is 289 g/mol. The van der Waals surface area contributed by atoms with Crippen molar-refractivity contribution in [2.24, 2.45) is 5.92 Å². The number of cyclic esters (lactones) is 1. The van der Waals surface area contributed by atoms with Crippen LogP contribution in [0.25, 0.3) is 0 Å². The Bertz CT molecular complexity index is 514. The Morgan fingerprint density at radius 2 is 2.10 bits per heavy atom. The largest absolute Gasteiger partial charge is 0.464 e. The minimum Gasteiger partial charge on any atom is -0.464 e. The molecule has 4 rings (SSSR count). The molecule has 0 amide bonds. The number of carbonyl (C=O) groups excluding carboxylic acids is 1. The molecule has 3 fully saturated rings. The third kappa shape index (κ3) is 2.35. The van der Waals surface area contributed by atoms with E-state index in [2.05, 4.69) is 0 Å². The van der Waals surface area contributed by atoms with Crippen LogP contribution in [0.4, 0.5) is 0 Å². The summed E-state index contributed by atoms with van der Waals surface area (Å²) in [5, 5.41) is 1.79. The molecule has 5 nitrogen and oxygen atoms in total. The van der Waals surface area contributed by atoms with Gasteiger partial charge in [-0.2, -0.15) is 5.06 Å². The molecule has 0 N–H and O–H groups in total. The lowest BCUT2D eigenvalue weighted by Gasteiger charge is -2.22. The van der Waals surface area contributed by atoms with Gasteiger partial charge in [0.1, 0.15) is 12.1 Å². The number of hydroxylamine groups is 2. The molecule has 112 valence electrons. The van der Waals surface area contributed by atoms with Gasteiger partial charge in [-0.15, -0.1) is 0 Å². The minimum absolute atomic E-state index is 0.0623. The molecule has 3 aliphatic heterocycles. The van der Waals surface area contributed by atoms with E-state index in [1.54, 1.807) is 5.06 Å². The van der Waals surface area contributed by atoms with E-state index in [-0.39, 0.29) is 30.1 Å². The Balaban J connectivity index is 1.54. The number of fused-ring (bicyclic) bond motifs is 1. The second-order valence-corrected chi connectivity index (χ2v) is 5.92. The van der Waals surface area contributed by atoms with Crippen LogP contribution in [0, 0.1) is 5.92 Å². The summed E-state index contributed by atoms with van der Waals surface area (Å²) in [5.41, 5.74) is 1.13. The lowest BCUT2D eigenvalue weighted by Crippen LogP contribution is -2.35. The monoisotopic (exact) mass is 289 g/mol. The van der Waals surface area contributed by atoms with E-state index >= 15 is 0 Å². The molecule has 21 heavy (non-hydrogen) atoms. The molecule has 0 unspecified atom stereocenters. The van der Waals surface area contributed by atoms with E-state index < -0.39 is 0 Å². The fourth-order valence-electron chi connectivity index (χ4n) is 3.54. The molecule has 0 aromatic heterocycles. The van der Waals surface area contributed by atoms with Crippen molar-refractivity contribution in [2.45, 2.75) is 37.6 Å². The molecule has 0 spiro atoms. The van der Waals surface area contributed by atoms with Gasteiger partial charge in [0.15, 0.2) is 0 Å². The fraction of sp³-hybridized carbons (Fsp3) is 0.562. The first-order valence-electron chi connectivity index (χ1n) is 7.58. The molecule has 0 bridgehead atoms. The fourth-order valence-corrected chi connectivity index (χ4v) is 3.54. The molecule has 4 atom stereocenters. The SMILES string of the molecule is O=C1OC[C@@H]2[C@@H]([C@@H]3CCCO3)ON(Cc3ccccc3)[C@@H]12. The minimum atomic E-state index is -0.292. The van der Waals surface area contributed by atoms with E-state index in [0.29, 0.717) is 13.2 Å². The molecular formula is C16H19NO4. The number of hydrogen-bond donors (Lipinski definition) is 0. The summed E-state index contributed by atoms with van der Waals surface area (Å²) in [6.07, 6.45) is 2.09. The van der Waals surface area contributed by atoms with Gasteiger partial charge in [0.05, 0.1) is 25.2 Å². The predicted molar refractivity (Wildman–Crippen MR) is 74.1 cm³/mol. The highest BCUT2D eigenvalue weighted by molar-refractivity contribution is 5.78. The van der Waals surface area contributed by atoms with E-state index in [9.17, 15) is 4.79 Å². The van der Waals surface area contributed by atoms with Crippen LogP contribution in [0.3, 0.4) is 0 Å². The summed E-state index contributed by atoms with van der Waals surface area (Å²) in [6, 6.07) is 9.76. The third-order valence-electron chi connectivity index (χ3n) is 4.57. The zero-order valence-electron chi connectivity index (χ0n) is 11.8. The van der Waals surface area contributed by atoms with Crippen molar-refractivity contribution in [3.8, 4) is 0 Å². The predicted octanol–water partition coefficient (Wildman–Crippen LogP) is 1.52. The van der Waals surface area contributed by atoms with Crippen molar-refractivity contribution in [3.05, 3.63) is 35.9 Å². The van der Waals surface area contributed by atoms with Crippen LogP contribution in [-0.4, -0.2) is 42.5 Å². The first-order valence-corrected chi connectivity index (χ1v) is 7.58. The number of hydrogen-bond acceptors (Lipinski definition) is 5. The Hall–Kier alpha value is -1.43. The lowest BCUT2D eigenvalue weighted by atomic mass is 9.93. The molecule has 0 aliphatic carbocycles. The highest BCUT2D eigenvalue weighted by atomic mass is 16.7. The summed E-state index contributed by atoms with van der Waals surface area (Å²) < 4.78 is 11.0. The molecule has 3 saturated heterocycles. The summed E-state index contributed by atoms with van der Waals surface area (Å²) in [4.78, 5) is 18.1. The Labute approximate surface area is 123 Å². The Kier molecular flexibility index (Phi) is 3.41. The number of esters is 1. The highest BCUT2D eigenvalue weighted by Crippen LogP contribution is 2.38. The van der Waals surface area contributed by atoms with Crippen molar-refractivity contribution in [2.75, 3.05) is 13.2 Å². The Morgan fingerprint density at radius 3 is 2.86 bits per heavy atom. The van der Waals surface area contributed by atoms with Gasteiger partial charge in [0, 0.05) is 6.61 Å². The number of ether oxygens (including phenoxy) is 2. The smallest absolute Gasteiger partial charge is 0.326 e. The van der Waals surface area contributed by atoms with Gasteiger partial charge in [-0.3, -0.25) is 9.63 Å². The highest BCUT2D eigenvalue weighted by Gasteiger charge is 2.55. The molecule has 1 aromatic rings. The van der Waals surface area contributed by atoms with Crippen molar-refractivity contribution in [3.63, 3.8) is 0 Å². The maximum absolute atomic E-state index is 12.0. The quantitative estimate of drug-likeness (QED) is 0.790. The van der Waals surface area contributed by atoms with Gasteiger partial charge in [-0.1, -0.05) is 30.3 Å². The van der Waals surface area contributed by atoms with Crippen molar-refractivity contribution in [1.29, 1.82) is 0 Å². The van der Waals surface area contributed by atoms with Gasteiger partial charge in [-0.05, 0) is 18.4 Å². The normalized spacial score (nSPS) is 35.9. The van der Waals surface area contributed by atoms with E-state index in [4.69, 9.17) is 14.3 Å². The zero-order valence-corrected chi connectivity index (χ0v) is 11.8. The molecular weight excluding hydrogens is 270 g/mol. The maximum Gasteiger partial charge on any atom is 0.326 e. The molecule has 3 aliphatic rings. The van der Waals surface area contributed by atoms with E-state index in [1.807, 2.05) is 30.3 Å². The molecule has 3 heterocycles. The van der Waals surface area contributed by atoms with Crippen molar-refractivity contribution < 1.29 is 19.1 Å². The van der Waals surface area contributed by atoms with Crippen LogP contribution in [0.15, 0.2) is 30.3 Å². The van der Waals surface area contributed by atoms with E-state index in [1.165, 1.54) is 0 Å². The Morgan fingerprint density at radius 1 is 1.24 bits per heavy atom. The number of rotatable bonds is 3. The van der Waals surface area contributed by atoms with E-state index in [0.717, 1.165) is 25.0 Å². The van der Waals surface area contributed by atoms with Crippen LogP contribution < -0.4 is 0 Å². The van der Waals surface area contributed by atoms with Gasteiger partial charge < -0.3 is 9.47 Å². The van der Waals surface area contributed by atoms with Crippen LogP contribution in [0.2, 0.25) is 0 Å². The van der Waals surface area contributed by atoms with Crippen molar-refractivity contribution in [1.82, 2.24) is 5.06 Å². The summed E-state index contributed by atoms with van der Waals surface area (Å²) in [6.45, 7) is 1.83. The average Bonchev–Trinajstić information content (AvgIpc) is 3.20. The van der Waals surface area contributed by atoms with Crippen molar-refractivity contribution >= 4 is 5.97 Å². The van der Waals surface area contributed by atoms with Gasteiger partial charge in [0.2, 0.25) is 0 Å². The van der Waals surface area contributed by atoms with Crippen LogP contribution in [0.1, 0.15) is 18.4 Å². The van der Waals surface area contributed by atoms with Crippen LogP contribution in [0.5, 0.6) is 0 Å². The number of carbonyl (C=O) groups is 1. The molecule has 0 radical (unpaired) electrons. The topological polar surface area (TPSA) is 48.0 Å².